The molecule has 4 heteroatoms. The minimum Gasteiger partial charge on any atom is -0.480 e. The lowest BCUT2D eigenvalue weighted by Crippen LogP contribution is -2.47. The third-order valence-electron chi connectivity index (χ3n) is 2.92. The fourth-order valence-corrected chi connectivity index (χ4v) is 1.22. The summed E-state index contributed by atoms with van der Waals surface area (Å²) in [6.45, 7) is 9.54. The largest absolute Gasteiger partial charge is 0.480 e. The van der Waals surface area contributed by atoms with Gasteiger partial charge in [-0.3, -0.25) is 4.79 Å². The van der Waals surface area contributed by atoms with E-state index in [-0.39, 0.29) is 0 Å². The fourth-order valence-electron chi connectivity index (χ4n) is 1.22. The molecule has 0 aromatic rings. The van der Waals surface area contributed by atoms with Crippen LogP contribution in [0.4, 0.5) is 0 Å². The predicted molar refractivity (Wildman–Crippen MR) is 66.7 cm³/mol. The molecular formula is C12H26N2O2. The monoisotopic (exact) mass is 230 g/mol. The number of unbranched alkanes of at least 4 members (excludes halogenated alkanes) is 1. The topological polar surface area (TPSA) is 52.6 Å². The number of carbonyl (C=O) groups is 1. The van der Waals surface area contributed by atoms with Crippen molar-refractivity contribution in [3.05, 3.63) is 0 Å². The predicted octanol–water partition coefficient (Wildman–Crippen LogP) is 1.56. The Kier molecular flexibility index (Phi) is 6.60. The molecule has 4 nitrogen and oxygen atoms in total. The van der Waals surface area contributed by atoms with Crippen molar-refractivity contribution < 1.29 is 9.90 Å². The van der Waals surface area contributed by atoms with Crippen LogP contribution >= 0.6 is 0 Å². The molecule has 96 valence electrons. The van der Waals surface area contributed by atoms with Gasteiger partial charge in [0.05, 0.1) is 0 Å². The molecule has 0 aliphatic carbocycles. The van der Waals surface area contributed by atoms with Crippen LogP contribution in [0.1, 0.15) is 40.5 Å². The SMILES string of the molecule is CC(C)N(C)CCCCNC(C)(C)C(=O)O. The number of carboxylic acids is 1. The number of rotatable bonds is 8. The second-order valence-corrected chi connectivity index (χ2v) is 5.14. The highest BCUT2D eigenvalue weighted by atomic mass is 16.4. The molecule has 0 aliphatic heterocycles. The Bertz CT molecular complexity index is 215. The normalized spacial score (nSPS) is 12.4. The van der Waals surface area contributed by atoms with Gasteiger partial charge in [0.15, 0.2) is 0 Å². The summed E-state index contributed by atoms with van der Waals surface area (Å²) in [5, 5.41) is 11.9. The molecule has 0 aliphatic rings. The van der Waals surface area contributed by atoms with E-state index in [1.165, 1.54) is 0 Å². The molecule has 0 heterocycles. The third kappa shape index (κ3) is 6.08. The molecule has 0 saturated carbocycles. The van der Waals surface area contributed by atoms with E-state index in [0.29, 0.717) is 6.04 Å². The van der Waals surface area contributed by atoms with Crippen LogP contribution in [0.3, 0.4) is 0 Å². The Hall–Kier alpha value is -0.610. The summed E-state index contributed by atoms with van der Waals surface area (Å²) in [4.78, 5) is 13.1. The van der Waals surface area contributed by atoms with Gasteiger partial charge in [0.2, 0.25) is 0 Å². The van der Waals surface area contributed by atoms with E-state index in [4.69, 9.17) is 5.11 Å². The zero-order valence-electron chi connectivity index (χ0n) is 11.2. The highest BCUT2D eigenvalue weighted by Crippen LogP contribution is 2.03. The standard InChI is InChI=1S/C12H26N2O2/c1-10(2)14(5)9-7-6-8-13-12(3,4)11(15)16/h10,13H,6-9H2,1-5H3,(H,15,16). The Morgan fingerprint density at radius 3 is 2.38 bits per heavy atom. The molecule has 0 rings (SSSR count). The number of hydrogen-bond donors (Lipinski definition) is 2. The summed E-state index contributed by atoms with van der Waals surface area (Å²) in [7, 11) is 2.11. The van der Waals surface area contributed by atoms with E-state index in [1.807, 2.05) is 0 Å². The minimum absolute atomic E-state index is 0.573. The second-order valence-electron chi connectivity index (χ2n) is 5.14. The lowest BCUT2D eigenvalue weighted by Gasteiger charge is -2.23. The second kappa shape index (κ2) is 6.86. The van der Waals surface area contributed by atoms with Crippen LogP contribution in [0.25, 0.3) is 0 Å². The van der Waals surface area contributed by atoms with Gasteiger partial charge in [-0.15, -0.1) is 0 Å². The van der Waals surface area contributed by atoms with Crippen molar-refractivity contribution >= 4 is 5.97 Å². The summed E-state index contributed by atoms with van der Waals surface area (Å²) in [6, 6.07) is 0.573. The molecule has 0 saturated heterocycles. The lowest BCUT2D eigenvalue weighted by atomic mass is 10.1. The molecule has 2 N–H and O–H groups in total. The van der Waals surface area contributed by atoms with Crippen LogP contribution in [0, 0.1) is 0 Å². The van der Waals surface area contributed by atoms with Crippen molar-refractivity contribution in [2.45, 2.75) is 52.1 Å². The number of nitrogens with one attached hydrogen (secondary N) is 1. The van der Waals surface area contributed by atoms with E-state index in [2.05, 4.69) is 31.1 Å². The van der Waals surface area contributed by atoms with Crippen LogP contribution in [0.15, 0.2) is 0 Å². The van der Waals surface area contributed by atoms with Gasteiger partial charge in [0, 0.05) is 6.04 Å². The van der Waals surface area contributed by atoms with Gasteiger partial charge in [-0.05, 0) is 60.7 Å². The van der Waals surface area contributed by atoms with Gasteiger partial charge in [0.1, 0.15) is 5.54 Å². The van der Waals surface area contributed by atoms with Crippen LogP contribution in [-0.4, -0.2) is 47.7 Å². The average molecular weight is 230 g/mol. The molecule has 0 amide bonds. The first-order valence-corrected chi connectivity index (χ1v) is 5.96. The summed E-state index contributed by atoms with van der Waals surface area (Å²) in [6.07, 6.45) is 2.10. The van der Waals surface area contributed by atoms with Crippen molar-refractivity contribution in [1.82, 2.24) is 10.2 Å². The average Bonchev–Trinajstić information content (AvgIpc) is 2.16. The first kappa shape index (κ1) is 15.4. The Labute approximate surface area is 99.0 Å². The summed E-state index contributed by atoms with van der Waals surface area (Å²) < 4.78 is 0. The van der Waals surface area contributed by atoms with E-state index < -0.39 is 11.5 Å². The van der Waals surface area contributed by atoms with Crippen molar-refractivity contribution in [1.29, 1.82) is 0 Å². The van der Waals surface area contributed by atoms with Gasteiger partial charge in [-0.25, -0.2) is 0 Å². The number of aliphatic carboxylic acids is 1. The Morgan fingerprint density at radius 2 is 1.94 bits per heavy atom. The molecule has 0 spiro atoms. The summed E-state index contributed by atoms with van der Waals surface area (Å²) in [5.41, 5.74) is -0.816. The molecule has 0 aromatic heterocycles. The Morgan fingerprint density at radius 1 is 1.38 bits per heavy atom. The van der Waals surface area contributed by atoms with E-state index >= 15 is 0 Å². The number of nitrogens with zero attached hydrogens (tertiary/aromatic N) is 1. The van der Waals surface area contributed by atoms with Gasteiger partial charge < -0.3 is 15.3 Å². The zero-order chi connectivity index (χ0) is 12.8. The molecule has 0 bridgehead atoms. The summed E-state index contributed by atoms with van der Waals surface area (Å²) in [5.74, 6) is -0.799. The molecule has 0 atom stereocenters. The molecule has 0 radical (unpaired) electrons. The smallest absolute Gasteiger partial charge is 0.323 e. The first-order valence-electron chi connectivity index (χ1n) is 5.96. The van der Waals surface area contributed by atoms with Crippen LogP contribution in [0.2, 0.25) is 0 Å². The number of hydrogen-bond acceptors (Lipinski definition) is 3. The van der Waals surface area contributed by atoms with Crippen LogP contribution in [-0.2, 0) is 4.79 Å². The number of carboxylic acid groups (broad SMARTS) is 1. The Balaban J connectivity index is 3.58. The van der Waals surface area contributed by atoms with Gasteiger partial charge >= 0.3 is 5.97 Å². The maximum absolute atomic E-state index is 10.8. The van der Waals surface area contributed by atoms with Crippen LogP contribution in [0.5, 0.6) is 0 Å². The quantitative estimate of drug-likeness (QED) is 0.621. The van der Waals surface area contributed by atoms with Crippen molar-refractivity contribution in [2.24, 2.45) is 0 Å². The molecule has 0 fully saturated rings. The fraction of sp³-hybridized carbons (Fsp3) is 0.917. The van der Waals surface area contributed by atoms with Gasteiger partial charge in [-0.2, -0.15) is 0 Å². The minimum atomic E-state index is -0.816. The highest BCUT2D eigenvalue weighted by molar-refractivity contribution is 5.77. The third-order valence-corrected chi connectivity index (χ3v) is 2.92. The molecular weight excluding hydrogens is 204 g/mol. The molecule has 16 heavy (non-hydrogen) atoms. The lowest BCUT2D eigenvalue weighted by molar-refractivity contribution is -0.143. The van der Waals surface area contributed by atoms with Crippen molar-refractivity contribution in [3.63, 3.8) is 0 Å². The van der Waals surface area contributed by atoms with E-state index in [1.54, 1.807) is 13.8 Å². The molecule has 0 unspecified atom stereocenters. The van der Waals surface area contributed by atoms with Crippen molar-refractivity contribution in [2.75, 3.05) is 20.1 Å². The van der Waals surface area contributed by atoms with E-state index in [9.17, 15) is 4.79 Å². The highest BCUT2D eigenvalue weighted by Gasteiger charge is 2.25. The first-order chi connectivity index (χ1) is 7.27. The van der Waals surface area contributed by atoms with Gasteiger partial charge in [0.25, 0.3) is 0 Å². The summed E-state index contributed by atoms with van der Waals surface area (Å²) >= 11 is 0. The maximum atomic E-state index is 10.8. The zero-order valence-corrected chi connectivity index (χ0v) is 11.2. The maximum Gasteiger partial charge on any atom is 0.323 e. The van der Waals surface area contributed by atoms with Crippen molar-refractivity contribution in [3.8, 4) is 0 Å². The molecule has 0 aromatic carbocycles. The van der Waals surface area contributed by atoms with Crippen LogP contribution < -0.4 is 5.32 Å². The van der Waals surface area contributed by atoms with Gasteiger partial charge in [-0.1, -0.05) is 0 Å². The van der Waals surface area contributed by atoms with E-state index in [0.717, 1.165) is 25.9 Å².